The van der Waals surface area contributed by atoms with E-state index in [4.69, 9.17) is 4.74 Å². The molecule has 0 spiro atoms. The molecule has 1 aromatic rings. The van der Waals surface area contributed by atoms with Gasteiger partial charge in [0.25, 0.3) is 10.2 Å². The lowest BCUT2D eigenvalue weighted by Crippen LogP contribution is -2.47. The molecule has 0 unspecified atom stereocenters. The zero-order valence-electron chi connectivity index (χ0n) is 10.2. The van der Waals surface area contributed by atoms with Crippen LogP contribution in [0.4, 0.5) is 0 Å². The van der Waals surface area contributed by atoms with Gasteiger partial charge in [-0.3, -0.25) is 0 Å². The van der Waals surface area contributed by atoms with Gasteiger partial charge < -0.3 is 4.74 Å². The normalized spacial score (nSPS) is 19.8. The summed E-state index contributed by atoms with van der Waals surface area (Å²) in [4.78, 5) is 4.17. The average molecular weight is 291 g/mol. The molecule has 0 bridgehead atoms. The maximum absolute atomic E-state index is 12.2. The zero-order valence-corrected chi connectivity index (χ0v) is 11.8. The van der Waals surface area contributed by atoms with Crippen LogP contribution in [0.1, 0.15) is 24.4 Å². The molecule has 1 N–H and O–H groups in total. The Labute approximate surface area is 111 Å². The monoisotopic (exact) mass is 291 g/mol. The lowest BCUT2D eigenvalue weighted by atomic mass is 10.3. The summed E-state index contributed by atoms with van der Waals surface area (Å²) in [6.07, 6.45) is 2.36. The molecule has 0 saturated carbocycles. The highest BCUT2D eigenvalue weighted by Crippen LogP contribution is 2.20. The van der Waals surface area contributed by atoms with Crippen molar-refractivity contribution in [2.24, 2.45) is 0 Å². The Morgan fingerprint density at radius 3 is 2.83 bits per heavy atom. The smallest absolute Gasteiger partial charge is 0.280 e. The molecule has 1 aromatic heterocycles. The van der Waals surface area contributed by atoms with Gasteiger partial charge in [-0.15, -0.1) is 11.3 Å². The Kier molecular flexibility index (Phi) is 4.68. The first-order chi connectivity index (χ1) is 8.63. The molecular weight excluding hydrogens is 274 g/mol. The van der Waals surface area contributed by atoms with Crippen molar-refractivity contribution in [2.45, 2.75) is 19.4 Å². The number of aromatic nitrogens is 1. The van der Waals surface area contributed by atoms with Crippen LogP contribution in [0.3, 0.4) is 0 Å². The number of hydrogen-bond donors (Lipinski definition) is 1. The van der Waals surface area contributed by atoms with E-state index in [9.17, 15) is 8.42 Å². The Morgan fingerprint density at radius 1 is 1.56 bits per heavy atom. The molecule has 0 radical (unpaired) electrons. The lowest BCUT2D eigenvalue weighted by Gasteiger charge is -2.27. The lowest BCUT2D eigenvalue weighted by molar-refractivity contribution is 0.0723. The molecule has 0 aromatic carbocycles. The molecule has 18 heavy (non-hydrogen) atoms. The standard InChI is InChI=1S/C10H17N3O3S2/c1-2-9(10-11-3-8-17-10)12-18(14,15)13-4-6-16-7-5-13/h3,8-9,12H,2,4-7H2,1H3/t9-/m1/s1. The first-order valence-corrected chi connectivity index (χ1v) is 8.20. The number of thiazole rings is 1. The van der Waals surface area contributed by atoms with E-state index in [2.05, 4.69) is 9.71 Å². The second-order valence-electron chi connectivity index (χ2n) is 3.97. The summed E-state index contributed by atoms with van der Waals surface area (Å²) in [5, 5.41) is 2.65. The van der Waals surface area contributed by atoms with Gasteiger partial charge >= 0.3 is 0 Å². The zero-order chi connectivity index (χ0) is 13.0. The van der Waals surface area contributed by atoms with Crippen LogP contribution >= 0.6 is 11.3 Å². The summed E-state index contributed by atoms with van der Waals surface area (Å²) in [6.45, 7) is 3.66. The molecule has 1 saturated heterocycles. The number of rotatable bonds is 5. The fourth-order valence-electron chi connectivity index (χ4n) is 1.76. The van der Waals surface area contributed by atoms with E-state index in [1.807, 2.05) is 12.3 Å². The molecule has 0 amide bonds. The maximum Gasteiger partial charge on any atom is 0.280 e. The van der Waals surface area contributed by atoms with Gasteiger partial charge in [0.1, 0.15) is 5.01 Å². The highest BCUT2D eigenvalue weighted by Gasteiger charge is 2.27. The van der Waals surface area contributed by atoms with Crippen molar-refractivity contribution in [1.82, 2.24) is 14.0 Å². The van der Waals surface area contributed by atoms with E-state index in [0.717, 1.165) is 5.01 Å². The van der Waals surface area contributed by atoms with Crippen LogP contribution < -0.4 is 4.72 Å². The van der Waals surface area contributed by atoms with Gasteiger partial charge in [-0.2, -0.15) is 17.4 Å². The number of ether oxygens (including phenoxy) is 1. The summed E-state index contributed by atoms with van der Waals surface area (Å²) in [6, 6.07) is -0.252. The summed E-state index contributed by atoms with van der Waals surface area (Å²) in [5.74, 6) is 0. The fraction of sp³-hybridized carbons (Fsp3) is 0.700. The number of hydrogen-bond acceptors (Lipinski definition) is 5. The van der Waals surface area contributed by atoms with E-state index in [0.29, 0.717) is 32.7 Å². The van der Waals surface area contributed by atoms with Gasteiger partial charge in [-0.05, 0) is 6.42 Å². The molecule has 1 aliphatic heterocycles. The van der Waals surface area contributed by atoms with Crippen molar-refractivity contribution in [3.05, 3.63) is 16.6 Å². The molecule has 8 heteroatoms. The molecule has 102 valence electrons. The van der Waals surface area contributed by atoms with Crippen LogP contribution in [0.5, 0.6) is 0 Å². The second-order valence-corrected chi connectivity index (χ2v) is 6.59. The Hall–Kier alpha value is -0.540. The molecule has 0 aliphatic carbocycles. The first-order valence-electron chi connectivity index (χ1n) is 5.88. The average Bonchev–Trinajstić information content (AvgIpc) is 2.91. The Morgan fingerprint density at radius 2 is 2.28 bits per heavy atom. The predicted octanol–water partition coefficient (Wildman–Crippen LogP) is 0.761. The number of morpholine rings is 1. The van der Waals surface area contributed by atoms with Gasteiger partial charge in [0.2, 0.25) is 0 Å². The molecule has 2 rings (SSSR count). The third-order valence-electron chi connectivity index (χ3n) is 2.76. The van der Waals surface area contributed by atoms with Gasteiger partial charge in [-0.1, -0.05) is 6.92 Å². The highest BCUT2D eigenvalue weighted by molar-refractivity contribution is 7.87. The van der Waals surface area contributed by atoms with Crippen molar-refractivity contribution in [1.29, 1.82) is 0 Å². The largest absolute Gasteiger partial charge is 0.379 e. The first kappa shape index (κ1) is 13.9. The van der Waals surface area contributed by atoms with Crippen LogP contribution in [-0.2, 0) is 14.9 Å². The van der Waals surface area contributed by atoms with Crippen LogP contribution in [0, 0.1) is 0 Å². The summed E-state index contributed by atoms with van der Waals surface area (Å²) < 4.78 is 33.7. The molecule has 1 aliphatic rings. The minimum Gasteiger partial charge on any atom is -0.379 e. The third-order valence-corrected chi connectivity index (χ3v) is 5.28. The molecule has 1 fully saturated rings. The minimum absolute atomic E-state index is 0.252. The van der Waals surface area contributed by atoms with Crippen molar-refractivity contribution in [3.8, 4) is 0 Å². The third kappa shape index (κ3) is 3.27. The topological polar surface area (TPSA) is 71.5 Å². The van der Waals surface area contributed by atoms with Crippen molar-refractivity contribution >= 4 is 21.5 Å². The molecule has 2 heterocycles. The van der Waals surface area contributed by atoms with E-state index in [-0.39, 0.29) is 6.04 Å². The van der Waals surface area contributed by atoms with Crippen LogP contribution in [0.15, 0.2) is 11.6 Å². The van der Waals surface area contributed by atoms with E-state index in [1.165, 1.54) is 15.6 Å². The van der Waals surface area contributed by atoms with Crippen molar-refractivity contribution in [2.75, 3.05) is 26.3 Å². The quantitative estimate of drug-likeness (QED) is 0.869. The van der Waals surface area contributed by atoms with Gasteiger partial charge in [0.15, 0.2) is 0 Å². The minimum atomic E-state index is -3.45. The molecule has 6 nitrogen and oxygen atoms in total. The fourth-order valence-corrected chi connectivity index (χ4v) is 4.02. The summed E-state index contributed by atoms with van der Waals surface area (Å²) in [7, 11) is -3.45. The second kappa shape index (κ2) is 6.07. The highest BCUT2D eigenvalue weighted by atomic mass is 32.2. The molecule has 1 atom stereocenters. The van der Waals surface area contributed by atoms with Crippen LogP contribution in [-0.4, -0.2) is 44.0 Å². The van der Waals surface area contributed by atoms with Gasteiger partial charge in [0.05, 0.1) is 19.3 Å². The van der Waals surface area contributed by atoms with Crippen molar-refractivity contribution < 1.29 is 13.2 Å². The number of nitrogens with one attached hydrogen (secondary N) is 1. The summed E-state index contributed by atoms with van der Waals surface area (Å²) >= 11 is 1.46. The van der Waals surface area contributed by atoms with Crippen LogP contribution in [0.2, 0.25) is 0 Å². The van der Waals surface area contributed by atoms with Gasteiger partial charge in [0, 0.05) is 24.7 Å². The van der Waals surface area contributed by atoms with Crippen LogP contribution in [0.25, 0.3) is 0 Å². The Balaban J connectivity index is 2.06. The summed E-state index contributed by atoms with van der Waals surface area (Å²) in [5.41, 5.74) is 0. The molecular formula is C10H17N3O3S2. The maximum atomic E-state index is 12.2. The predicted molar refractivity (Wildman–Crippen MR) is 69.6 cm³/mol. The SMILES string of the molecule is CC[C@@H](NS(=O)(=O)N1CCOCC1)c1nccs1. The van der Waals surface area contributed by atoms with E-state index in [1.54, 1.807) is 6.20 Å². The van der Waals surface area contributed by atoms with E-state index >= 15 is 0 Å². The van der Waals surface area contributed by atoms with Gasteiger partial charge in [-0.25, -0.2) is 4.98 Å². The number of nitrogens with zero attached hydrogens (tertiary/aromatic N) is 2. The van der Waals surface area contributed by atoms with E-state index < -0.39 is 10.2 Å². The Bertz CT molecular complexity index is 455. The van der Waals surface area contributed by atoms with Crippen molar-refractivity contribution in [3.63, 3.8) is 0 Å².